The Morgan fingerprint density at radius 1 is 1.00 bits per heavy atom. The van der Waals surface area contributed by atoms with Gasteiger partial charge in [-0.15, -0.1) is 11.3 Å². The van der Waals surface area contributed by atoms with Gasteiger partial charge in [0.15, 0.2) is 0 Å². The Balaban J connectivity index is 1.88. The highest BCUT2D eigenvalue weighted by atomic mass is 32.1. The van der Waals surface area contributed by atoms with Gasteiger partial charge in [-0.3, -0.25) is 0 Å². The Morgan fingerprint density at radius 2 is 1.71 bits per heavy atom. The number of allylic oxidation sites excluding steroid dienone is 2. The van der Waals surface area contributed by atoms with Crippen LogP contribution in [0.3, 0.4) is 0 Å². The van der Waals surface area contributed by atoms with Crippen LogP contribution in [0.15, 0.2) is 66.9 Å². The summed E-state index contributed by atoms with van der Waals surface area (Å²) in [6, 6.07) is 15.4. The van der Waals surface area contributed by atoms with E-state index in [1.165, 1.54) is 18.1 Å². The molecule has 0 amide bonds. The summed E-state index contributed by atoms with van der Waals surface area (Å²) in [4.78, 5) is 12.5. The summed E-state index contributed by atoms with van der Waals surface area (Å²) < 4.78 is 11.7. The maximum Gasteiger partial charge on any atom is 0.339 e. The van der Waals surface area contributed by atoms with Gasteiger partial charge in [0.1, 0.15) is 11.3 Å². The third kappa shape index (κ3) is 4.15. The molecule has 0 saturated heterocycles. The molecule has 1 heterocycles. The first-order valence-corrected chi connectivity index (χ1v) is 9.43. The molecule has 0 aliphatic carbocycles. The maximum atomic E-state index is 11.5. The zero-order chi connectivity index (χ0) is 19.9. The van der Waals surface area contributed by atoms with Crippen molar-refractivity contribution in [3.05, 3.63) is 82.9 Å². The number of carbonyl (C=O) groups is 1. The second kappa shape index (κ2) is 9.06. The number of fused-ring (bicyclic) bond motifs is 1. The molecule has 0 fully saturated rings. The van der Waals surface area contributed by atoms with Crippen molar-refractivity contribution in [2.45, 2.75) is 0 Å². The van der Waals surface area contributed by atoms with Crippen LogP contribution in [0.5, 0.6) is 5.75 Å². The minimum atomic E-state index is -1.03. The minimum Gasteiger partial charge on any atom is -0.503 e. The zero-order valence-electron chi connectivity index (χ0n) is 15.6. The van der Waals surface area contributed by atoms with Crippen LogP contribution >= 0.6 is 11.3 Å². The number of rotatable bonds is 7. The fraction of sp³-hybridized carbons (Fsp3) is 0.0870. The Labute approximate surface area is 167 Å². The summed E-state index contributed by atoms with van der Waals surface area (Å²) >= 11 is 1.66. The van der Waals surface area contributed by atoms with E-state index in [-0.39, 0.29) is 5.57 Å². The number of carboxylic acids is 1. The Bertz CT molecular complexity index is 1070. The van der Waals surface area contributed by atoms with Crippen molar-refractivity contribution in [1.82, 2.24) is 0 Å². The Morgan fingerprint density at radius 3 is 2.46 bits per heavy atom. The lowest BCUT2D eigenvalue weighted by Gasteiger charge is -2.06. The van der Waals surface area contributed by atoms with Gasteiger partial charge in [0, 0.05) is 10.1 Å². The number of ether oxygens (including phenoxy) is 2. The predicted molar refractivity (Wildman–Crippen MR) is 116 cm³/mol. The number of thiophene rings is 1. The quantitative estimate of drug-likeness (QED) is 0.318. The SMILES string of the molecule is CO/C=C(/C(=O)O)c1ccccc1/C=C/C=C/c1sc2ccccc2c1OC. The molecule has 1 aromatic heterocycles. The molecule has 3 aromatic rings. The molecule has 3 rings (SSSR count). The van der Waals surface area contributed by atoms with E-state index in [9.17, 15) is 9.90 Å². The predicted octanol–water partition coefficient (Wildman–Crippen LogP) is 5.71. The van der Waals surface area contributed by atoms with Gasteiger partial charge in [0.05, 0.1) is 25.4 Å². The Hall–Kier alpha value is -3.31. The van der Waals surface area contributed by atoms with Gasteiger partial charge in [-0.2, -0.15) is 0 Å². The summed E-state index contributed by atoms with van der Waals surface area (Å²) in [5.41, 5.74) is 1.50. The van der Waals surface area contributed by atoms with E-state index in [0.29, 0.717) is 5.56 Å². The molecule has 0 radical (unpaired) electrons. The molecule has 28 heavy (non-hydrogen) atoms. The van der Waals surface area contributed by atoms with Crippen molar-refractivity contribution in [3.63, 3.8) is 0 Å². The van der Waals surface area contributed by atoms with E-state index in [2.05, 4.69) is 6.07 Å². The third-order valence-electron chi connectivity index (χ3n) is 4.13. The smallest absolute Gasteiger partial charge is 0.339 e. The molecule has 0 aliphatic heterocycles. The highest BCUT2D eigenvalue weighted by Crippen LogP contribution is 2.38. The van der Waals surface area contributed by atoms with Crippen molar-refractivity contribution in [2.24, 2.45) is 0 Å². The number of methoxy groups -OCH3 is 2. The molecule has 5 heteroatoms. The van der Waals surface area contributed by atoms with Crippen LogP contribution in [0, 0.1) is 0 Å². The highest BCUT2D eigenvalue weighted by molar-refractivity contribution is 7.20. The normalized spacial score (nSPS) is 12.1. The first-order valence-electron chi connectivity index (χ1n) is 8.61. The van der Waals surface area contributed by atoms with Crippen molar-refractivity contribution in [2.75, 3.05) is 14.2 Å². The van der Waals surface area contributed by atoms with E-state index in [0.717, 1.165) is 21.6 Å². The molecule has 4 nitrogen and oxygen atoms in total. The molecule has 1 N–H and O–H groups in total. The van der Waals surface area contributed by atoms with Crippen LogP contribution in [-0.2, 0) is 9.53 Å². The maximum absolute atomic E-state index is 11.5. The number of aliphatic carboxylic acids is 1. The lowest BCUT2D eigenvalue weighted by Crippen LogP contribution is -2.02. The van der Waals surface area contributed by atoms with Crippen molar-refractivity contribution in [3.8, 4) is 5.75 Å². The molecule has 0 atom stereocenters. The van der Waals surface area contributed by atoms with Gasteiger partial charge >= 0.3 is 5.97 Å². The van der Waals surface area contributed by atoms with Gasteiger partial charge in [0.2, 0.25) is 0 Å². The van der Waals surface area contributed by atoms with Crippen LogP contribution < -0.4 is 4.74 Å². The molecule has 2 aromatic carbocycles. The fourth-order valence-corrected chi connectivity index (χ4v) is 3.98. The van der Waals surface area contributed by atoms with Gasteiger partial charge in [0.25, 0.3) is 0 Å². The van der Waals surface area contributed by atoms with E-state index < -0.39 is 5.97 Å². The van der Waals surface area contributed by atoms with Crippen LogP contribution in [0.2, 0.25) is 0 Å². The number of carboxylic acid groups (broad SMARTS) is 1. The molecule has 0 spiro atoms. The summed E-state index contributed by atoms with van der Waals surface area (Å²) in [5.74, 6) is -0.171. The number of hydrogen-bond acceptors (Lipinski definition) is 4. The molecule has 0 unspecified atom stereocenters. The largest absolute Gasteiger partial charge is 0.503 e. The van der Waals surface area contributed by atoms with Crippen molar-refractivity contribution < 1.29 is 19.4 Å². The van der Waals surface area contributed by atoms with E-state index >= 15 is 0 Å². The van der Waals surface area contributed by atoms with Crippen molar-refractivity contribution in [1.29, 1.82) is 0 Å². The van der Waals surface area contributed by atoms with Gasteiger partial charge in [-0.1, -0.05) is 54.6 Å². The molecule has 0 aliphatic rings. The van der Waals surface area contributed by atoms with Crippen LogP contribution in [0.4, 0.5) is 0 Å². The average molecular weight is 392 g/mol. The second-order valence-electron chi connectivity index (χ2n) is 5.87. The average Bonchev–Trinajstić information content (AvgIpc) is 3.07. The summed E-state index contributed by atoms with van der Waals surface area (Å²) in [7, 11) is 3.11. The lowest BCUT2D eigenvalue weighted by molar-refractivity contribution is -0.130. The number of hydrogen-bond donors (Lipinski definition) is 1. The van der Waals surface area contributed by atoms with E-state index in [1.54, 1.807) is 30.6 Å². The fourth-order valence-electron chi connectivity index (χ4n) is 2.90. The van der Waals surface area contributed by atoms with Gasteiger partial charge < -0.3 is 14.6 Å². The lowest BCUT2D eigenvalue weighted by atomic mass is 10.00. The topological polar surface area (TPSA) is 55.8 Å². The molecular formula is C23H20O4S. The molecule has 142 valence electrons. The first-order chi connectivity index (χ1) is 13.7. The zero-order valence-corrected chi connectivity index (χ0v) is 16.4. The minimum absolute atomic E-state index is 0.109. The van der Waals surface area contributed by atoms with Gasteiger partial charge in [-0.05, 0) is 29.3 Å². The monoisotopic (exact) mass is 392 g/mol. The second-order valence-corrected chi connectivity index (χ2v) is 6.96. The Kier molecular flexibility index (Phi) is 6.29. The van der Waals surface area contributed by atoms with Crippen molar-refractivity contribution >= 4 is 45.1 Å². The summed E-state index contributed by atoms with van der Waals surface area (Å²) in [6.45, 7) is 0. The van der Waals surface area contributed by atoms with Crippen LogP contribution in [0.25, 0.3) is 27.8 Å². The summed E-state index contributed by atoms with van der Waals surface area (Å²) in [5, 5.41) is 10.5. The van der Waals surface area contributed by atoms with Crippen LogP contribution in [-0.4, -0.2) is 25.3 Å². The van der Waals surface area contributed by atoms with E-state index in [4.69, 9.17) is 9.47 Å². The highest BCUT2D eigenvalue weighted by Gasteiger charge is 2.13. The molecular weight excluding hydrogens is 372 g/mol. The van der Waals surface area contributed by atoms with E-state index in [1.807, 2.05) is 54.6 Å². The van der Waals surface area contributed by atoms with Gasteiger partial charge in [-0.25, -0.2) is 4.79 Å². The number of benzene rings is 2. The van der Waals surface area contributed by atoms with Crippen LogP contribution in [0.1, 0.15) is 16.0 Å². The molecule has 0 bridgehead atoms. The summed E-state index contributed by atoms with van der Waals surface area (Å²) in [6.07, 6.45) is 8.91. The standard InChI is InChI=1S/C23H20O4S/c1-26-15-19(23(24)25)17-11-5-3-9-16(17)10-4-7-14-21-22(27-2)18-12-6-8-13-20(18)28-21/h3-15H,1-2H3,(H,24,25)/b10-4+,14-7+,19-15+. The molecule has 0 saturated carbocycles. The first kappa shape index (κ1) is 19.5. The third-order valence-corrected chi connectivity index (χ3v) is 5.25.